The van der Waals surface area contributed by atoms with Crippen LogP contribution in [0.3, 0.4) is 0 Å². The maximum atomic E-state index is 12.6. The van der Waals surface area contributed by atoms with Crippen LogP contribution in [-0.2, 0) is 37.5 Å². The Morgan fingerprint density at radius 1 is 0.577 bits per heavy atom. The maximum absolute atomic E-state index is 12.6. The van der Waals surface area contributed by atoms with Gasteiger partial charge in [-0.3, -0.25) is 23.4 Å². The molecule has 0 radical (unpaired) electrons. The van der Waals surface area contributed by atoms with Gasteiger partial charge in [0.05, 0.1) is 13.2 Å². The maximum Gasteiger partial charge on any atom is 0.472 e. The second-order valence-corrected chi connectivity index (χ2v) is 15.2. The van der Waals surface area contributed by atoms with E-state index in [1.54, 1.807) is 0 Å². The molecule has 0 aromatic heterocycles. The van der Waals surface area contributed by atoms with E-state index in [1.807, 2.05) is 0 Å². The molecular weight excluding hydrogens is 685 g/mol. The normalized spacial score (nSPS) is 14.1. The number of hydrogen-bond donors (Lipinski definition) is 3. The molecule has 0 aliphatic carbocycles. The van der Waals surface area contributed by atoms with Gasteiger partial charge in [-0.25, -0.2) is 4.57 Å². The minimum absolute atomic E-state index is 0.157. The number of rotatable bonds is 38. The monoisotopic (exact) mass is 760 g/mol. The van der Waals surface area contributed by atoms with Crippen LogP contribution >= 0.6 is 7.82 Å². The number of hydrogen-bond acceptors (Lipinski definition) is 9. The lowest BCUT2D eigenvalue weighted by Crippen LogP contribution is -2.34. The highest BCUT2D eigenvalue weighted by molar-refractivity contribution is 7.47. The molecule has 0 heterocycles. The van der Waals surface area contributed by atoms with Crippen molar-refractivity contribution in [2.75, 3.05) is 19.8 Å². The Hall–Kier alpha value is -2.04. The van der Waals surface area contributed by atoms with Crippen molar-refractivity contribution in [1.29, 1.82) is 0 Å². The first-order chi connectivity index (χ1) is 25.1. The Balaban J connectivity index is 4.42. The standard InChI is InChI=1S/C40H74NO10P/c1-3-5-7-9-11-13-15-17-18-20-22-24-26-28-30-32-39(43)51-36(34-49-52(46,47)50-35-37(41)40(44)45)33-48-38(42)31-29-27-25-23-21-19-16-14-12-10-8-6-4-2/h9,11,19,21,36-37H,3-8,10,12-18,20,22-35,41H2,1-2H3,(H,44,45)(H,46,47)/b11-9+,21-19+/t36-,37+/m1/s1. The molecule has 0 fully saturated rings. The van der Waals surface area contributed by atoms with Crippen LogP contribution in [0.5, 0.6) is 0 Å². The Morgan fingerprint density at radius 3 is 1.48 bits per heavy atom. The summed E-state index contributed by atoms with van der Waals surface area (Å²) in [5.74, 6) is -2.40. The van der Waals surface area contributed by atoms with Crippen molar-refractivity contribution < 1.29 is 47.5 Å². The third-order valence-corrected chi connectivity index (χ3v) is 9.62. The van der Waals surface area contributed by atoms with E-state index in [-0.39, 0.29) is 19.4 Å². The lowest BCUT2D eigenvalue weighted by atomic mass is 10.1. The van der Waals surface area contributed by atoms with Crippen LogP contribution in [0.25, 0.3) is 0 Å². The van der Waals surface area contributed by atoms with Crippen molar-refractivity contribution in [1.82, 2.24) is 0 Å². The van der Waals surface area contributed by atoms with Gasteiger partial charge in [0.2, 0.25) is 0 Å². The quantitative estimate of drug-likeness (QED) is 0.0237. The van der Waals surface area contributed by atoms with Gasteiger partial charge < -0.3 is 25.2 Å². The van der Waals surface area contributed by atoms with E-state index < -0.39 is 51.1 Å². The van der Waals surface area contributed by atoms with Gasteiger partial charge in [-0.2, -0.15) is 0 Å². The average Bonchev–Trinajstić information content (AvgIpc) is 3.12. The number of nitrogens with two attached hydrogens (primary N) is 1. The van der Waals surface area contributed by atoms with E-state index in [4.69, 9.17) is 24.8 Å². The minimum Gasteiger partial charge on any atom is -0.480 e. The van der Waals surface area contributed by atoms with Gasteiger partial charge in [0.1, 0.15) is 12.6 Å². The van der Waals surface area contributed by atoms with Gasteiger partial charge in [-0.15, -0.1) is 0 Å². The molecule has 0 rings (SSSR count). The molecule has 0 aromatic rings. The van der Waals surface area contributed by atoms with Crippen LogP contribution in [-0.4, -0.2) is 59.9 Å². The zero-order valence-corrected chi connectivity index (χ0v) is 33.5. The Kier molecular flexibility index (Phi) is 34.6. The second kappa shape index (κ2) is 36.0. The van der Waals surface area contributed by atoms with Crippen LogP contribution in [0.1, 0.15) is 181 Å². The average molecular weight is 760 g/mol. The minimum atomic E-state index is -4.71. The lowest BCUT2D eigenvalue weighted by Gasteiger charge is -2.20. The highest BCUT2D eigenvalue weighted by Crippen LogP contribution is 2.43. The molecule has 0 aliphatic heterocycles. The van der Waals surface area contributed by atoms with Crippen molar-refractivity contribution in [3.8, 4) is 0 Å². The molecule has 11 nitrogen and oxygen atoms in total. The summed E-state index contributed by atoms with van der Waals surface area (Å²) < 4.78 is 32.6. The molecule has 3 atom stereocenters. The number of aliphatic carboxylic acids is 1. The lowest BCUT2D eigenvalue weighted by molar-refractivity contribution is -0.161. The first-order valence-electron chi connectivity index (χ1n) is 20.4. The fraction of sp³-hybridized carbons (Fsp3) is 0.825. The molecule has 0 aliphatic rings. The van der Waals surface area contributed by atoms with Crippen LogP contribution in [0.4, 0.5) is 0 Å². The van der Waals surface area contributed by atoms with Crippen molar-refractivity contribution in [3.05, 3.63) is 24.3 Å². The van der Waals surface area contributed by atoms with Crippen LogP contribution in [0, 0.1) is 0 Å². The third-order valence-electron chi connectivity index (χ3n) is 8.67. The van der Waals surface area contributed by atoms with E-state index in [2.05, 4.69) is 42.7 Å². The fourth-order valence-corrected chi connectivity index (χ4v) is 6.17. The van der Waals surface area contributed by atoms with Crippen molar-refractivity contribution in [2.45, 2.75) is 193 Å². The summed E-state index contributed by atoms with van der Waals surface area (Å²) in [5, 5.41) is 8.87. The molecule has 1 unspecified atom stereocenters. The summed E-state index contributed by atoms with van der Waals surface area (Å²) in [7, 11) is -4.71. The van der Waals surface area contributed by atoms with Crippen LogP contribution in [0.15, 0.2) is 24.3 Å². The summed E-state index contributed by atoms with van der Waals surface area (Å²) >= 11 is 0. The first kappa shape index (κ1) is 50.0. The predicted octanol–water partition coefficient (Wildman–Crippen LogP) is 10.3. The van der Waals surface area contributed by atoms with Gasteiger partial charge in [0.25, 0.3) is 0 Å². The highest BCUT2D eigenvalue weighted by Gasteiger charge is 2.28. The van der Waals surface area contributed by atoms with E-state index in [0.29, 0.717) is 12.8 Å². The molecule has 0 amide bonds. The number of esters is 2. The third kappa shape index (κ3) is 35.0. The van der Waals surface area contributed by atoms with Gasteiger partial charge in [-0.1, -0.05) is 134 Å². The van der Waals surface area contributed by atoms with E-state index >= 15 is 0 Å². The summed E-state index contributed by atoms with van der Waals surface area (Å²) in [4.78, 5) is 45.8. The zero-order chi connectivity index (χ0) is 38.5. The van der Waals surface area contributed by atoms with Crippen molar-refractivity contribution in [2.24, 2.45) is 5.73 Å². The molecule has 0 spiro atoms. The van der Waals surface area contributed by atoms with Crippen molar-refractivity contribution in [3.63, 3.8) is 0 Å². The first-order valence-corrected chi connectivity index (χ1v) is 21.9. The fourth-order valence-electron chi connectivity index (χ4n) is 5.39. The molecule has 0 saturated carbocycles. The Bertz CT molecular complexity index is 989. The van der Waals surface area contributed by atoms with Gasteiger partial charge in [0, 0.05) is 12.8 Å². The topological polar surface area (TPSA) is 172 Å². The summed E-state index contributed by atoms with van der Waals surface area (Å²) in [6.45, 7) is 2.74. The highest BCUT2D eigenvalue weighted by atomic mass is 31.2. The van der Waals surface area contributed by atoms with E-state index in [9.17, 15) is 23.8 Å². The largest absolute Gasteiger partial charge is 0.480 e. The molecule has 0 aromatic carbocycles. The van der Waals surface area contributed by atoms with Crippen LogP contribution in [0.2, 0.25) is 0 Å². The number of unbranched alkanes of at least 4 members (excludes halogenated alkanes) is 20. The summed E-state index contributed by atoms with van der Waals surface area (Å²) in [6.07, 6.45) is 35.3. The number of carboxylic acids is 1. The number of carbonyl (C=O) groups is 3. The SMILES string of the molecule is CCCC/C=C/CCCCCCCCCCCC(=O)O[C@H](COC(=O)CCCCC/C=C/CCCCCCCC)COP(=O)(O)OC[C@H](N)C(=O)O. The molecule has 304 valence electrons. The number of phosphoric acid groups is 1. The van der Waals surface area contributed by atoms with Crippen LogP contribution < -0.4 is 5.73 Å². The predicted molar refractivity (Wildman–Crippen MR) is 208 cm³/mol. The van der Waals surface area contributed by atoms with Gasteiger partial charge >= 0.3 is 25.7 Å². The summed E-state index contributed by atoms with van der Waals surface area (Å²) in [5.41, 5.74) is 5.32. The molecular formula is C40H74NO10P. The number of allylic oxidation sites excluding steroid dienone is 4. The van der Waals surface area contributed by atoms with E-state index in [0.717, 1.165) is 44.9 Å². The van der Waals surface area contributed by atoms with E-state index in [1.165, 1.54) is 96.3 Å². The zero-order valence-electron chi connectivity index (χ0n) is 32.7. The summed E-state index contributed by atoms with van der Waals surface area (Å²) in [6, 6.07) is -1.52. The number of carbonyl (C=O) groups excluding carboxylic acids is 2. The number of carboxylic acid groups (broad SMARTS) is 1. The number of phosphoric ester groups is 1. The Labute approximate surface area is 315 Å². The Morgan fingerprint density at radius 2 is 0.981 bits per heavy atom. The molecule has 52 heavy (non-hydrogen) atoms. The second-order valence-electron chi connectivity index (χ2n) is 13.8. The molecule has 12 heteroatoms. The molecule has 0 bridgehead atoms. The van der Waals surface area contributed by atoms with Gasteiger partial charge in [-0.05, 0) is 57.8 Å². The van der Waals surface area contributed by atoms with Gasteiger partial charge in [0.15, 0.2) is 6.10 Å². The number of ether oxygens (including phenoxy) is 2. The molecule has 0 saturated heterocycles. The van der Waals surface area contributed by atoms with Crippen molar-refractivity contribution >= 4 is 25.7 Å². The smallest absolute Gasteiger partial charge is 0.472 e. The molecule has 4 N–H and O–H groups in total.